The van der Waals surface area contributed by atoms with Crippen LogP contribution < -0.4 is 5.32 Å². The number of likely N-dealkylation sites (tertiary alicyclic amines) is 1. The Labute approximate surface area is 139 Å². The molecule has 1 saturated heterocycles. The maximum absolute atomic E-state index is 12.5. The lowest BCUT2D eigenvalue weighted by molar-refractivity contribution is -0.139. The van der Waals surface area contributed by atoms with Gasteiger partial charge in [0.2, 0.25) is 5.91 Å². The van der Waals surface area contributed by atoms with Crippen LogP contribution in [0, 0.1) is 0 Å². The van der Waals surface area contributed by atoms with Gasteiger partial charge in [0.1, 0.15) is 6.04 Å². The normalized spacial score (nSPS) is 17.6. The summed E-state index contributed by atoms with van der Waals surface area (Å²) in [7, 11) is 0. The number of nitrogens with zero attached hydrogens (tertiary/aromatic N) is 1. The number of thioether (sulfide) groups is 1. The average Bonchev–Trinajstić information content (AvgIpc) is 2.83. The zero-order chi connectivity index (χ0) is 16.2. The Hall–Kier alpha value is -2.27. The molecule has 0 unspecified atom stereocenters. The minimum Gasteiger partial charge on any atom is -0.373 e. The minimum atomic E-state index is -0.483. The number of carbonyl (C=O) groups is 2. The van der Waals surface area contributed by atoms with Crippen LogP contribution >= 0.6 is 11.8 Å². The number of hydrogen-bond acceptors (Lipinski definition) is 4. The number of carbonyl (C=O) groups excluding carboxylic acids is 2. The summed E-state index contributed by atoms with van der Waals surface area (Å²) in [5, 5.41) is 3.19. The average molecular weight is 326 g/mol. The summed E-state index contributed by atoms with van der Waals surface area (Å²) in [4.78, 5) is 27.1. The first-order chi connectivity index (χ1) is 11.2. The molecule has 23 heavy (non-hydrogen) atoms. The van der Waals surface area contributed by atoms with Crippen LogP contribution in [-0.2, 0) is 16.1 Å². The lowest BCUT2D eigenvalue weighted by atomic mass is 10.2. The largest absolute Gasteiger partial charge is 0.373 e. The van der Waals surface area contributed by atoms with Crippen molar-refractivity contribution in [1.29, 1.82) is 0 Å². The summed E-state index contributed by atoms with van der Waals surface area (Å²) in [6.45, 7) is 0.335. The molecule has 1 N–H and O–H groups in total. The molecule has 2 amide bonds. The Kier molecular flexibility index (Phi) is 4.67. The van der Waals surface area contributed by atoms with Crippen molar-refractivity contribution in [2.24, 2.45) is 0 Å². The van der Waals surface area contributed by atoms with E-state index in [0.717, 1.165) is 16.1 Å². The maximum Gasteiger partial charge on any atom is 0.252 e. The van der Waals surface area contributed by atoms with E-state index in [-0.39, 0.29) is 18.2 Å². The number of hydrogen-bond donors (Lipinski definition) is 1. The van der Waals surface area contributed by atoms with E-state index in [2.05, 4.69) is 5.32 Å². The molecule has 0 spiro atoms. The fourth-order valence-electron chi connectivity index (χ4n) is 2.64. The van der Waals surface area contributed by atoms with Gasteiger partial charge in [-0.25, -0.2) is 0 Å². The van der Waals surface area contributed by atoms with E-state index in [0.29, 0.717) is 6.54 Å². The van der Waals surface area contributed by atoms with Gasteiger partial charge in [-0.2, -0.15) is 0 Å². The SMILES string of the molecule is CSc1cccc(N[C@@H]2CC(=O)N(Cc3ccccc3)C2=O)c1. The Balaban J connectivity index is 1.70. The summed E-state index contributed by atoms with van der Waals surface area (Å²) >= 11 is 1.64. The van der Waals surface area contributed by atoms with E-state index >= 15 is 0 Å². The molecule has 1 atom stereocenters. The zero-order valence-corrected chi connectivity index (χ0v) is 13.7. The maximum atomic E-state index is 12.5. The molecule has 0 radical (unpaired) electrons. The van der Waals surface area contributed by atoms with E-state index in [1.807, 2.05) is 60.9 Å². The first-order valence-corrected chi connectivity index (χ1v) is 8.68. The molecule has 2 aromatic rings. The van der Waals surface area contributed by atoms with Gasteiger partial charge in [0.15, 0.2) is 0 Å². The van der Waals surface area contributed by atoms with Crippen molar-refractivity contribution < 1.29 is 9.59 Å². The fraction of sp³-hybridized carbons (Fsp3) is 0.222. The molecule has 5 heteroatoms. The van der Waals surface area contributed by atoms with Crippen molar-refractivity contribution in [3.63, 3.8) is 0 Å². The first-order valence-electron chi connectivity index (χ1n) is 7.46. The van der Waals surface area contributed by atoms with Crippen LogP contribution in [-0.4, -0.2) is 29.0 Å². The number of rotatable bonds is 5. The lowest BCUT2D eigenvalue weighted by Crippen LogP contribution is -2.34. The predicted molar refractivity (Wildman–Crippen MR) is 92.2 cm³/mol. The van der Waals surface area contributed by atoms with Gasteiger partial charge >= 0.3 is 0 Å². The second-order valence-corrected chi connectivity index (χ2v) is 6.32. The van der Waals surface area contributed by atoms with Crippen LogP contribution in [0.25, 0.3) is 0 Å². The van der Waals surface area contributed by atoms with E-state index in [4.69, 9.17) is 0 Å². The van der Waals surface area contributed by atoms with Gasteiger partial charge in [0.05, 0.1) is 13.0 Å². The molecule has 0 aromatic heterocycles. The first kappa shape index (κ1) is 15.6. The molecular formula is C18H18N2O2S. The number of imide groups is 1. The lowest BCUT2D eigenvalue weighted by Gasteiger charge is -2.16. The number of benzene rings is 2. The summed E-state index contributed by atoms with van der Waals surface area (Å²) in [6.07, 6.45) is 2.21. The Morgan fingerprint density at radius 1 is 1.13 bits per heavy atom. The van der Waals surface area contributed by atoms with Gasteiger partial charge in [-0.15, -0.1) is 11.8 Å². The van der Waals surface area contributed by atoms with Gasteiger partial charge in [-0.1, -0.05) is 36.4 Å². The number of amides is 2. The molecule has 1 aliphatic rings. The Morgan fingerprint density at radius 3 is 2.65 bits per heavy atom. The van der Waals surface area contributed by atoms with Crippen molar-refractivity contribution in [1.82, 2.24) is 4.90 Å². The highest BCUT2D eigenvalue weighted by Crippen LogP contribution is 2.23. The van der Waals surface area contributed by atoms with Crippen LogP contribution in [0.5, 0.6) is 0 Å². The van der Waals surface area contributed by atoms with Crippen LogP contribution in [0.1, 0.15) is 12.0 Å². The molecule has 4 nitrogen and oxygen atoms in total. The zero-order valence-electron chi connectivity index (χ0n) is 12.9. The smallest absolute Gasteiger partial charge is 0.252 e. The van der Waals surface area contributed by atoms with E-state index in [1.165, 1.54) is 4.90 Å². The van der Waals surface area contributed by atoms with Crippen molar-refractivity contribution in [3.8, 4) is 0 Å². The molecule has 0 saturated carbocycles. The van der Waals surface area contributed by atoms with E-state index in [1.54, 1.807) is 11.8 Å². The molecule has 3 rings (SSSR count). The number of nitrogens with one attached hydrogen (secondary N) is 1. The molecule has 1 fully saturated rings. The van der Waals surface area contributed by atoms with Crippen LogP contribution in [0.4, 0.5) is 5.69 Å². The second-order valence-electron chi connectivity index (χ2n) is 5.44. The highest BCUT2D eigenvalue weighted by Gasteiger charge is 2.38. The third-order valence-electron chi connectivity index (χ3n) is 3.84. The van der Waals surface area contributed by atoms with Gasteiger partial charge in [-0.3, -0.25) is 14.5 Å². The van der Waals surface area contributed by atoms with Crippen LogP contribution in [0.3, 0.4) is 0 Å². The number of anilines is 1. The standard InChI is InChI=1S/C18H18N2O2S/c1-23-15-9-5-8-14(10-15)19-16-11-17(21)20(18(16)22)12-13-6-3-2-4-7-13/h2-10,16,19H,11-12H2,1H3/t16-/m1/s1. The Bertz CT molecular complexity index is 718. The van der Waals surface area contributed by atoms with Crippen LogP contribution in [0.2, 0.25) is 0 Å². The summed E-state index contributed by atoms with van der Waals surface area (Å²) in [5.41, 5.74) is 1.82. The minimum absolute atomic E-state index is 0.127. The molecule has 1 aliphatic heterocycles. The quantitative estimate of drug-likeness (QED) is 0.677. The molecule has 0 bridgehead atoms. The highest BCUT2D eigenvalue weighted by molar-refractivity contribution is 7.98. The van der Waals surface area contributed by atoms with Crippen molar-refractivity contribution >= 4 is 29.3 Å². The van der Waals surface area contributed by atoms with Crippen molar-refractivity contribution in [3.05, 3.63) is 60.2 Å². The van der Waals surface area contributed by atoms with Gasteiger partial charge < -0.3 is 5.32 Å². The van der Waals surface area contributed by atoms with Gasteiger partial charge in [-0.05, 0) is 30.0 Å². The summed E-state index contributed by atoms with van der Waals surface area (Å²) in [5.74, 6) is -0.286. The van der Waals surface area contributed by atoms with Crippen molar-refractivity contribution in [2.45, 2.75) is 23.9 Å². The second kappa shape index (κ2) is 6.87. The Morgan fingerprint density at radius 2 is 1.91 bits per heavy atom. The van der Waals surface area contributed by atoms with E-state index < -0.39 is 6.04 Å². The van der Waals surface area contributed by atoms with Crippen LogP contribution in [0.15, 0.2) is 59.5 Å². The monoisotopic (exact) mass is 326 g/mol. The third kappa shape index (κ3) is 3.56. The van der Waals surface area contributed by atoms with Gasteiger partial charge in [0.25, 0.3) is 5.91 Å². The van der Waals surface area contributed by atoms with Gasteiger partial charge in [0, 0.05) is 10.6 Å². The summed E-state index contributed by atoms with van der Waals surface area (Å²) < 4.78 is 0. The summed E-state index contributed by atoms with van der Waals surface area (Å²) in [6, 6.07) is 16.9. The highest BCUT2D eigenvalue weighted by atomic mass is 32.2. The molecule has 118 valence electrons. The topological polar surface area (TPSA) is 49.4 Å². The molecule has 0 aliphatic carbocycles. The third-order valence-corrected chi connectivity index (χ3v) is 4.56. The molecule has 2 aromatic carbocycles. The predicted octanol–water partition coefficient (Wildman–Crippen LogP) is 3.15. The van der Waals surface area contributed by atoms with Crippen molar-refractivity contribution in [2.75, 3.05) is 11.6 Å². The van der Waals surface area contributed by atoms with E-state index in [9.17, 15) is 9.59 Å². The molecule has 1 heterocycles. The molecular weight excluding hydrogens is 308 g/mol. The fourth-order valence-corrected chi connectivity index (χ4v) is 3.10.